The zero-order valence-electron chi connectivity index (χ0n) is 8.73. The van der Waals surface area contributed by atoms with Crippen molar-refractivity contribution in [2.45, 2.75) is 13.8 Å². The SMILES string of the molecule is CCOC(=O)n1nc(C)c2ccccc21. The summed E-state index contributed by atoms with van der Waals surface area (Å²) >= 11 is 0. The normalized spacial score (nSPS) is 10.5. The lowest BCUT2D eigenvalue weighted by Crippen LogP contribution is -2.14. The Morgan fingerprint density at radius 3 is 2.93 bits per heavy atom. The molecule has 0 N–H and O–H groups in total. The predicted octanol–water partition coefficient (Wildman–Crippen LogP) is 2.35. The highest BCUT2D eigenvalue weighted by Crippen LogP contribution is 2.17. The Kier molecular flexibility index (Phi) is 2.41. The molecule has 4 nitrogen and oxygen atoms in total. The fourth-order valence-corrected chi connectivity index (χ4v) is 1.55. The molecular formula is C11H12N2O2. The molecule has 0 unspecified atom stereocenters. The van der Waals surface area contributed by atoms with Crippen LogP contribution in [0.5, 0.6) is 0 Å². The maximum Gasteiger partial charge on any atom is 0.435 e. The molecule has 0 fully saturated rings. The van der Waals surface area contributed by atoms with Crippen molar-refractivity contribution in [3.8, 4) is 0 Å². The summed E-state index contributed by atoms with van der Waals surface area (Å²) in [6, 6.07) is 7.59. The van der Waals surface area contributed by atoms with Crippen LogP contribution in [0, 0.1) is 6.92 Å². The van der Waals surface area contributed by atoms with Crippen LogP contribution in [0.15, 0.2) is 24.3 Å². The van der Waals surface area contributed by atoms with Crippen LogP contribution in [0.25, 0.3) is 10.9 Å². The van der Waals surface area contributed by atoms with Crippen LogP contribution >= 0.6 is 0 Å². The predicted molar refractivity (Wildman–Crippen MR) is 56.9 cm³/mol. The maximum atomic E-state index is 11.6. The number of aryl methyl sites for hydroxylation is 1. The third kappa shape index (κ3) is 1.58. The average Bonchev–Trinajstić information content (AvgIpc) is 2.58. The van der Waals surface area contributed by atoms with E-state index in [9.17, 15) is 4.79 Å². The van der Waals surface area contributed by atoms with E-state index in [4.69, 9.17) is 4.74 Å². The number of hydrogen-bond acceptors (Lipinski definition) is 3. The van der Waals surface area contributed by atoms with E-state index in [0.29, 0.717) is 6.61 Å². The summed E-state index contributed by atoms with van der Waals surface area (Å²) in [5, 5.41) is 5.13. The van der Waals surface area contributed by atoms with Gasteiger partial charge in [0.25, 0.3) is 0 Å². The van der Waals surface area contributed by atoms with E-state index in [1.54, 1.807) is 6.92 Å². The number of ether oxygens (including phenoxy) is 1. The van der Waals surface area contributed by atoms with Crippen molar-refractivity contribution in [3.63, 3.8) is 0 Å². The van der Waals surface area contributed by atoms with Crippen LogP contribution in [-0.4, -0.2) is 22.5 Å². The Bertz CT molecular complexity index is 502. The second-order valence-electron chi connectivity index (χ2n) is 3.21. The standard InChI is InChI=1S/C11H12N2O2/c1-3-15-11(14)13-10-7-5-4-6-9(10)8(2)12-13/h4-7H,3H2,1-2H3. The summed E-state index contributed by atoms with van der Waals surface area (Å²) in [5.74, 6) is 0. The second kappa shape index (κ2) is 3.73. The first-order chi connectivity index (χ1) is 7.24. The summed E-state index contributed by atoms with van der Waals surface area (Å²) in [4.78, 5) is 11.6. The van der Waals surface area contributed by atoms with Crippen molar-refractivity contribution >= 4 is 17.0 Å². The molecule has 0 saturated carbocycles. The highest BCUT2D eigenvalue weighted by molar-refractivity contribution is 5.89. The molecule has 78 valence electrons. The Balaban J connectivity index is 2.57. The van der Waals surface area contributed by atoms with Crippen molar-refractivity contribution in [2.24, 2.45) is 0 Å². The van der Waals surface area contributed by atoms with Crippen LogP contribution in [0.4, 0.5) is 4.79 Å². The van der Waals surface area contributed by atoms with Crippen LogP contribution in [-0.2, 0) is 4.74 Å². The monoisotopic (exact) mass is 204 g/mol. The van der Waals surface area contributed by atoms with E-state index in [-0.39, 0.29) is 0 Å². The molecular weight excluding hydrogens is 192 g/mol. The molecule has 1 heterocycles. The van der Waals surface area contributed by atoms with E-state index in [1.165, 1.54) is 4.68 Å². The smallest absolute Gasteiger partial charge is 0.435 e. The molecule has 0 aliphatic heterocycles. The molecule has 2 rings (SSSR count). The Labute approximate surface area is 87.5 Å². The average molecular weight is 204 g/mol. The number of carbonyl (C=O) groups is 1. The van der Waals surface area contributed by atoms with Crippen LogP contribution in [0.1, 0.15) is 12.6 Å². The van der Waals surface area contributed by atoms with E-state index in [1.807, 2.05) is 31.2 Å². The fourth-order valence-electron chi connectivity index (χ4n) is 1.55. The first-order valence-corrected chi connectivity index (χ1v) is 4.85. The Hall–Kier alpha value is -1.84. The summed E-state index contributed by atoms with van der Waals surface area (Å²) in [6.07, 6.45) is -0.429. The highest BCUT2D eigenvalue weighted by atomic mass is 16.5. The minimum absolute atomic E-state index is 0.353. The van der Waals surface area contributed by atoms with Crippen molar-refractivity contribution in [3.05, 3.63) is 30.0 Å². The Morgan fingerprint density at radius 2 is 2.20 bits per heavy atom. The molecule has 0 saturated heterocycles. The van der Waals surface area contributed by atoms with Crippen molar-refractivity contribution in [1.29, 1.82) is 0 Å². The number of carbonyl (C=O) groups excluding carboxylic acids is 1. The molecule has 0 bridgehead atoms. The fraction of sp³-hybridized carbons (Fsp3) is 0.273. The topological polar surface area (TPSA) is 44.1 Å². The quantitative estimate of drug-likeness (QED) is 0.716. The molecule has 0 aliphatic rings. The van der Waals surface area contributed by atoms with Crippen LogP contribution < -0.4 is 0 Å². The van der Waals surface area contributed by atoms with Crippen LogP contribution in [0.3, 0.4) is 0 Å². The Morgan fingerprint density at radius 1 is 1.47 bits per heavy atom. The van der Waals surface area contributed by atoms with Gasteiger partial charge in [-0.25, -0.2) is 4.79 Å². The molecule has 1 aromatic heterocycles. The van der Waals surface area contributed by atoms with Gasteiger partial charge in [-0.05, 0) is 19.9 Å². The number of rotatable bonds is 1. The maximum absolute atomic E-state index is 11.6. The van der Waals surface area contributed by atoms with Gasteiger partial charge in [0.15, 0.2) is 0 Å². The molecule has 15 heavy (non-hydrogen) atoms. The molecule has 0 amide bonds. The minimum atomic E-state index is -0.429. The summed E-state index contributed by atoms with van der Waals surface area (Å²) in [6.45, 7) is 4.00. The van der Waals surface area contributed by atoms with Gasteiger partial charge in [-0.3, -0.25) is 0 Å². The molecule has 0 spiro atoms. The lowest BCUT2D eigenvalue weighted by atomic mass is 10.2. The van der Waals surface area contributed by atoms with Gasteiger partial charge >= 0.3 is 6.09 Å². The first kappa shape index (κ1) is 9.71. The van der Waals surface area contributed by atoms with Crippen molar-refractivity contribution < 1.29 is 9.53 Å². The third-order valence-electron chi connectivity index (χ3n) is 2.21. The van der Waals surface area contributed by atoms with Crippen molar-refractivity contribution in [1.82, 2.24) is 9.78 Å². The number of nitrogens with zero attached hydrogens (tertiary/aromatic N) is 2. The van der Waals surface area contributed by atoms with Gasteiger partial charge in [0.1, 0.15) is 0 Å². The van der Waals surface area contributed by atoms with Gasteiger partial charge < -0.3 is 4.74 Å². The second-order valence-corrected chi connectivity index (χ2v) is 3.21. The van der Waals surface area contributed by atoms with Gasteiger partial charge in [0.05, 0.1) is 17.8 Å². The number of para-hydroxylation sites is 1. The lowest BCUT2D eigenvalue weighted by Gasteiger charge is -2.01. The van der Waals surface area contributed by atoms with Gasteiger partial charge in [-0.2, -0.15) is 9.78 Å². The molecule has 0 aliphatic carbocycles. The van der Waals surface area contributed by atoms with Gasteiger partial charge in [0, 0.05) is 5.39 Å². The minimum Gasteiger partial charge on any atom is -0.448 e. The lowest BCUT2D eigenvalue weighted by molar-refractivity contribution is 0.151. The molecule has 0 atom stereocenters. The number of aromatic nitrogens is 2. The first-order valence-electron chi connectivity index (χ1n) is 4.85. The number of benzene rings is 1. The van der Waals surface area contributed by atoms with Gasteiger partial charge in [-0.1, -0.05) is 18.2 Å². The van der Waals surface area contributed by atoms with E-state index >= 15 is 0 Å². The number of hydrogen-bond donors (Lipinski definition) is 0. The largest absolute Gasteiger partial charge is 0.448 e. The van der Waals surface area contributed by atoms with Crippen LogP contribution in [0.2, 0.25) is 0 Å². The van der Waals surface area contributed by atoms with E-state index < -0.39 is 6.09 Å². The summed E-state index contributed by atoms with van der Waals surface area (Å²) in [7, 11) is 0. The molecule has 4 heteroatoms. The highest BCUT2D eigenvalue weighted by Gasteiger charge is 2.12. The third-order valence-corrected chi connectivity index (χ3v) is 2.21. The summed E-state index contributed by atoms with van der Waals surface area (Å²) in [5.41, 5.74) is 1.62. The van der Waals surface area contributed by atoms with Gasteiger partial charge in [0.2, 0.25) is 0 Å². The van der Waals surface area contributed by atoms with E-state index in [2.05, 4.69) is 5.10 Å². The molecule has 1 aromatic carbocycles. The van der Waals surface area contributed by atoms with Gasteiger partial charge in [-0.15, -0.1) is 0 Å². The molecule has 2 aromatic rings. The molecule has 0 radical (unpaired) electrons. The number of fused-ring (bicyclic) bond motifs is 1. The van der Waals surface area contributed by atoms with E-state index in [0.717, 1.165) is 16.6 Å². The zero-order chi connectivity index (χ0) is 10.8. The van der Waals surface area contributed by atoms with Crippen molar-refractivity contribution in [2.75, 3.05) is 6.61 Å². The summed E-state index contributed by atoms with van der Waals surface area (Å²) < 4.78 is 6.21. The zero-order valence-corrected chi connectivity index (χ0v) is 8.73.